The molecule has 1 aromatic heterocycles. The van der Waals surface area contributed by atoms with Crippen molar-refractivity contribution in [2.45, 2.75) is 57.8 Å². The molecular formula is C25H33N3O6S2. The third-order valence-corrected chi connectivity index (χ3v) is 9.41. The highest BCUT2D eigenvalue weighted by Gasteiger charge is 2.33. The topological polar surface area (TPSA) is 105 Å². The van der Waals surface area contributed by atoms with E-state index in [0.717, 1.165) is 36.5 Å². The Balaban J connectivity index is 1.55. The second kappa shape index (κ2) is 11.0. The van der Waals surface area contributed by atoms with E-state index in [1.165, 1.54) is 39.9 Å². The molecule has 1 saturated heterocycles. The van der Waals surface area contributed by atoms with Gasteiger partial charge in [0.15, 0.2) is 0 Å². The first-order valence-electron chi connectivity index (χ1n) is 12.2. The Labute approximate surface area is 216 Å². The van der Waals surface area contributed by atoms with E-state index in [1.54, 1.807) is 6.92 Å². The lowest BCUT2D eigenvalue weighted by molar-refractivity contribution is -0.0440. The van der Waals surface area contributed by atoms with Gasteiger partial charge in [0.05, 0.1) is 29.3 Å². The number of nitrogens with one attached hydrogen (secondary N) is 1. The Morgan fingerprint density at radius 3 is 2.42 bits per heavy atom. The number of anilines is 1. The number of nitrogens with zero attached hydrogens (tertiary/aromatic N) is 2. The van der Waals surface area contributed by atoms with Gasteiger partial charge in [-0.25, -0.2) is 13.2 Å². The molecule has 1 amide bonds. The summed E-state index contributed by atoms with van der Waals surface area (Å²) in [6.07, 6.45) is 0.334. The van der Waals surface area contributed by atoms with E-state index in [9.17, 15) is 18.0 Å². The van der Waals surface area contributed by atoms with Gasteiger partial charge in [0.25, 0.3) is 5.91 Å². The molecule has 0 unspecified atom stereocenters. The molecule has 11 heteroatoms. The van der Waals surface area contributed by atoms with E-state index in [1.807, 2.05) is 13.8 Å². The van der Waals surface area contributed by atoms with Crippen molar-refractivity contribution in [1.29, 1.82) is 0 Å². The van der Waals surface area contributed by atoms with Gasteiger partial charge in [-0.2, -0.15) is 4.31 Å². The highest BCUT2D eigenvalue weighted by molar-refractivity contribution is 7.89. The monoisotopic (exact) mass is 535 g/mol. The van der Waals surface area contributed by atoms with Crippen LogP contribution in [0.3, 0.4) is 0 Å². The first kappa shape index (κ1) is 26.7. The summed E-state index contributed by atoms with van der Waals surface area (Å²) in [4.78, 5) is 29.3. The van der Waals surface area contributed by atoms with Gasteiger partial charge in [0.2, 0.25) is 10.0 Å². The molecule has 1 fully saturated rings. The van der Waals surface area contributed by atoms with Crippen LogP contribution in [0, 0.1) is 0 Å². The SMILES string of the molecule is CCOC(=O)c1c(NC(=O)c2ccc(S(=O)(=O)N3C[C@@H](C)O[C@H](C)C3)cc2)sc2c1CCN(CC)C2. The number of carbonyl (C=O) groups excluding carboxylic acids is 2. The van der Waals surface area contributed by atoms with Crippen molar-refractivity contribution in [1.82, 2.24) is 9.21 Å². The molecule has 9 nitrogen and oxygen atoms in total. The van der Waals surface area contributed by atoms with Crippen LogP contribution in [0.4, 0.5) is 5.00 Å². The molecule has 0 bridgehead atoms. The van der Waals surface area contributed by atoms with E-state index >= 15 is 0 Å². The second-order valence-corrected chi connectivity index (χ2v) is 12.1. The number of rotatable bonds is 7. The molecule has 2 aromatic rings. The smallest absolute Gasteiger partial charge is 0.341 e. The van der Waals surface area contributed by atoms with Crippen LogP contribution in [0.15, 0.2) is 29.2 Å². The Hall–Kier alpha value is -2.31. The maximum Gasteiger partial charge on any atom is 0.341 e. The van der Waals surface area contributed by atoms with Crippen LogP contribution in [-0.4, -0.2) is 74.5 Å². The zero-order chi connectivity index (χ0) is 26.0. The van der Waals surface area contributed by atoms with Gasteiger partial charge in [-0.15, -0.1) is 11.3 Å². The molecule has 2 aliphatic rings. The summed E-state index contributed by atoms with van der Waals surface area (Å²) >= 11 is 1.40. The normalized spacial score (nSPS) is 21.1. The predicted octanol–water partition coefficient (Wildman–Crippen LogP) is 3.35. The number of likely N-dealkylation sites (N-methyl/N-ethyl adjacent to an activating group) is 1. The molecule has 1 N–H and O–H groups in total. The van der Waals surface area contributed by atoms with Gasteiger partial charge in [-0.1, -0.05) is 6.92 Å². The molecule has 0 radical (unpaired) electrons. The van der Waals surface area contributed by atoms with E-state index < -0.39 is 21.9 Å². The molecule has 2 atom stereocenters. The van der Waals surface area contributed by atoms with Crippen molar-refractivity contribution < 1.29 is 27.5 Å². The predicted molar refractivity (Wildman–Crippen MR) is 138 cm³/mol. The van der Waals surface area contributed by atoms with Gasteiger partial charge in [0.1, 0.15) is 5.00 Å². The van der Waals surface area contributed by atoms with Crippen molar-refractivity contribution in [3.05, 3.63) is 45.8 Å². The second-order valence-electron chi connectivity index (χ2n) is 9.10. The number of ether oxygens (including phenoxy) is 2. The lowest BCUT2D eigenvalue weighted by Crippen LogP contribution is -2.48. The number of esters is 1. The minimum atomic E-state index is -3.71. The van der Waals surface area contributed by atoms with E-state index in [0.29, 0.717) is 16.1 Å². The fourth-order valence-electron chi connectivity index (χ4n) is 4.66. The zero-order valence-electron chi connectivity index (χ0n) is 21.1. The average Bonchev–Trinajstić information content (AvgIpc) is 3.20. The highest BCUT2D eigenvalue weighted by atomic mass is 32.2. The molecule has 196 valence electrons. The minimum Gasteiger partial charge on any atom is -0.462 e. The number of benzene rings is 1. The lowest BCUT2D eigenvalue weighted by Gasteiger charge is -2.34. The van der Waals surface area contributed by atoms with Gasteiger partial charge < -0.3 is 14.8 Å². The highest BCUT2D eigenvalue weighted by Crippen LogP contribution is 2.38. The third kappa shape index (κ3) is 5.50. The molecule has 1 aromatic carbocycles. The van der Waals surface area contributed by atoms with Gasteiger partial charge in [-0.05, 0) is 63.6 Å². The van der Waals surface area contributed by atoms with Crippen molar-refractivity contribution in [3.63, 3.8) is 0 Å². The van der Waals surface area contributed by atoms with E-state index in [4.69, 9.17) is 9.47 Å². The quantitative estimate of drug-likeness (QED) is 0.542. The van der Waals surface area contributed by atoms with Gasteiger partial charge in [0, 0.05) is 36.6 Å². The van der Waals surface area contributed by atoms with Crippen molar-refractivity contribution in [3.8, 4) is 0 Å². The van der Waals surface area contributed by atoms with E-state index in [2.05, 4.69) is 17.1 Å². The van der Waals surface area contributed by atoms with Crippen LogP contribution in [0.2, 0.25) is 0 Å². The van der Waals surface area contributed by atoms with Crippen molar-refractivity contribution >= 4 is 38.2 Å². The summed E-state index contributed by atoms with van der Waals surface area (Å²) in [5.74, 6) is -0.852. The fraction of sp³-hybridized carbons (Fsp3) is 0.520. The van der Waals surface area contributed by atoms with Crippen LogP contribution in [0.25, 0.3) is 0 Å². The number of hydrogen-bond acceptors (Lipinski definition) is 8. The summed E-state index contributed by atoms with van der Waals surface area (Å²) in [6, 6.07) is 5.87. The Bertz CT molecular complexity index is 1220. The largest absolute Gasteiger partial charge is 0.462 e. The van der Waals surface area contributed by atoms with Crippen LogP contribution in [0.5, 0.6) is 0 Å². The molecule has 36 heavy (non-hydrogen) atoms. The number of sulfonamides is 1. The standard InChI is InChI=1S/C25H33N3O6S2/c1-5-27-12-11-20-21(15-27)35-24(22(20)25(30)33-6-2)26-23(29)18-7-9-19(10-8-18)36(31,32)28-13-16(3)34-17(4)14-28/h7-10,16-17H,5-6,11-15H2,1-4H3,(H,26,29)/t16-,17-/m1/s1. The Morgan fingerprint density at radius 2 is 1.81 bits per heavy atom. The van der Waals surface area contributed by atoms with Crippen molar-refractivity contribution in [2.24, 2.45) is 0 Å². The maximum absolute atomic E-state index is 13.1. The van der Waals surface area contributed by atoms with Crippen LogP contribution >= 0.6 is 11.3 Å². The lowest BCUT2D eigenvalue weighted by atomic mass is 10.0. The number of hydrogen-bond donors (Lipinski definition) is 1. The van der Waals surface area contributed by atoms with Gasteiger partial charge in [-0.3, -0.25) is 9.69 Å². The summed E-state index contributed by atoms with van der Waals surface area (Å²) in [5, 5.41) is 3.34. The maximum atomic E-state index is 13.1. The molecule has 0 spiro atoms. The Morgan fingerprint density at radius 1 is 1.14 bits per heavy atom. The molecule has 4 rings (SSSR count). The Kier molecular flexibility index (Phi) is 8.15. The van der Waals surface area contributed by atoms with Crippen molar-refractivity contribution in [2.75, 3.05) is 38.1 Å². The summed E-state index contributed by atoms with van der Waals surface area (Å²) < 4.78 is 38.6. The van der Waals surface area contributed by atoms with Crippen LogP contribution < -0.4 is 5.32 Å². The summed E-state index contributed by atoms with van der Waals surface area (Å²) in [7, 11) is -3.71. The zero-order valence-corrected chi connectivity index (χ0v) is 22.7. The first-order chi connectivity index (χ1) is 17.1. The summed E-state index contributed by atoms with van der Waals surface area (Å²) in [5.41, 5.74) is 1.67. The van der Waals surface area contributed by atoms with Crippen LogP contribution in [0.1, 0.15) is 58.9 Å². The number of carbonyl (C=O) groups is 2. The molecule has 2 aliphatic heterocycles. The van der Waals surface area contributed by atoms with Crippen LogP contribution in [-0.2, 0) is 32.5 Å². The van der Waals surface area contributed by atoms with Gasteiger partial charge >= 0.3 is 5.97 Å². The van der Waals surface area contributed by atoms with E-state index in [-0.39, 0.29) is 36.8 Å². The number of amides is 1. The number of fused-ring (bicyclic) bond motifs is 1. The number of morpholine rings is 1. The minimum absolute atomic E-state index is 0.124. The molecule has 0 saturated carbocycles. The molecule has 3 heterocycles. The third-order valence-electron chi connectivity index (χ3n) is 6.43. The molecule has 0 aliphatic carbocycles. The molecular weight excluding hydrogens is 502 g/mol. The number of thiophene rings is 1. The summed E-state index contributed by atoms with van der Waals surface area (Å²) in [6.45, 7) is 10.8. The average molecular weight is 536 g/mol. The fourth-order valence-corrected chi connectivity index (χ4v) is 7.53. The first-order valence-corrected chi connectivity index (χ1v) is 14.5.